The first kappa shape index (κ1) is 24.2. The number of fused-ring (bicyclic) bond motifs is 2. The predicted octanol–water partition coefficient (Wildman–Crippen LogP) is 2.68. The Hall–Kier alpha value is -2.46. The van der Waals surface area contributed by atoms with E-state index >= 15 is 0 Å². The minimum Gasteiger partial charge on any atom is -0.287 e. The molecule has 0 saturated carbocycles. The van der Waals surface area contributed by atoms with Gasteiger partial charge in [0.05, 0.1) is 34.4 Å². The van der Waals surface area contributed by atoms with Gasteiger partial charge in [-0.2, -0.15) is 0 Å². The molecule has 1 aromatic heterocycles. The maximum atomic E-state index is 13.0. The maximum absolute atomic E-state index is 13.0. The van der Waals surface area contributed by atoms with Crippen LogP contribution >= 0.6 is 0 Å². The van der Waals surface area contributed by atoms with E-state index < -0.39 is 42.7 Å². The minimum atomic E-state index is -3.60. The Morgan fingerprint density at radius 1 is 0.688 bits per heavy atom. The Morgan fingerprint density at radius 3 is 1.41 bits per heavy atom. The van der Waals surface area contributed by atoms with Crippen LogP contribution < -0.4 is 0 Å². The molecule has 0 N–H and O–H groups in total. The predicted molar refractivity (Wildman–Crippen MR) is 120 cm³/mol. The Balaban J connectivity index is 2.12. The van der Waals surface area contributed by atoms with Crippen molar-refractivity contribution in [3.63, 3.8) is 0 Å². The van der Waals surface area contributed by atoms with E-state index in [4.69, 9.17) is 0 Å². The smallest absolute Gasteiger partial charge is 0.214 e. The van der Waals surface area contributed by atoms with Gasteiger partial charge in [0.2, 0.25) is 11.6 Å². The highest BCUT2D eigenvalue weighted by molar-refractivity contribution is 7.91. The van der Waals surface area contributed by atoms with Gasteiger partial charge in [0, 0.05) is 11.1 Å². The van der Waals surface area contributed by atoms with Gasteiger partial charge in [-0.25, -0.2) is 26.8 Å². The molecule has 0 bridgehead atoms. The molecule has 0 radical (unpaired) electrons. The number of benzene rings is 1. The van der Waals surface area contributed by atoms with Gasteiger partial charge in [-0.15, -0.1) is 0 Å². The van der Waals surface area contributed by atoms with Crippen LogP contribution in [0.5, 0.6) is 0 Å². The van der Waals surface area contributed by atoms with Gasteiger partial charge in [-0.05, 0) is 12.8 Å². The molecule has 1 heterocycles. The summed E-state index contributed by atoms with van der Waals surface area (Å²) in [4.78, 5) is 34.4. The zero-order chi connectivity index (χ0) is 23.5. The average molecular weight is 479 g/mol. The number of rotatable bonds is 10. The van der Waals surface area contributed by atoms with Crippen molar-refractivity contribution in [2.45, 2.75) is 51.0 Å². The van der Waals surface area contributed by atoms with Gasteiger partial charge in [0.15, 0.2) is 19.7 Å². The van der Waals surface area contributed by atoms with E-state index in [0.717, 1.165) is 0 Å². The normalized spacial score (nSPS) is 13.7. The molecule has 10 heteroatoms. The molecule has 172 valence electrons. The van der Waals surface area contributed by atoms with E-state index in [1.54, 1.807) is 12.1 Å². The zero-order valence-electron chi connectivity index (χ0n) is 18.1. The number of nitrogens with zero attached hydrogens (tertiary/aromatic N) is 2. The monoisotopic (exact) mass is 478 g/mol. The van der Waals surface area contributed by atoms with E-state index in [9.17, 15) is 26.4 Å². The maximum Gasteiger partial charge on any atom is 0.214 e. The molecule has 32 heavy (non-hydrogen) atoms. The molecule has 0 fully saturated rings. The molecular formula is C22H26N2O6S2. The highest BCUT2D eigenvalue weighted by Gasteiger charge is 2.34. The molecule has 0 unspecified atom stereocenters. The van der Waals surface area contributed by atoms with Crippen LogP contribution in [0.4, 0.5) is 0 Å². The Kier molecular flexibility index (Phi) is 7.24. The molecule has 1 aliphatic carbocycles. The first-order valence-corrected chi connectivity index (χ1v) is 14.2. The lowest BCUT2D eigenvalue weighted by Crippen LogP contribution is -2.27. The summed E-state index contributed by atoms with van der Waals surface area (Å²) in [5, 5.41) is 0. The van der Waals surface area contributed by atoms with E-state index in [0.29, 0.717) is 25.7 Å². The molecule has 0 amide bonds. The van der Waals surface area contributed by atoms with E-state index in [1.165, 1.54) is 12.1 Å². The summed E-state index contributed by atoms with van der Waals surface area (Å²) in [6.07, 6.45) is 2.26. The van der Waals surface area contributed by atoms with Gasteiger partial charge in [-0.1, -0.05) is 51.0 Å². The Morgan fingerprint density at radius 2 is 1.06 bits per heavy atom. The first-order chi connectivity index (χ1) is 15.1. The molecular weight excluding hydrogens is 452 g/mol. The summed E-state index contributed by atoms with van der Waals surface area (Å²) >= 11 is 0. The van der Waals surface area contributed by atoms with Crippen LogP contribution in [-0.4, -0.2) is 49.9 Å². The lowest BCUT2D eigenvalue weighted by atomic mass is 9.89. The summed E-state index contributed by atoms with van der Waals surface area (Å²) in [5.41, 5.74) is -0.293. The second-order valence-electron chi connectivity index (χ2n) is 7.91. The molecule has 2 aromatic rings. The van der Waals surface area contributed by atoms with Crippen molar-refractivity contribution >= 4 is 31.2 Å². The van der Waals surface area contributed by atoms with Crippen LogP contribution in [0, 0.1) is 0 Å². The first-order valence-electron chi connectivity index (χ1n) is 10.6. The average Bonchev–Trinajstić information content (AvgIpc) is 2.75. The number of ketones is 2. The van der Waals surface area contributed by atoms with Crippen molar-refractivity contribution in [1.29, 1.82) is 0 Å². The molecule has 0 saturated heterocycles. The second kappa shape index (κ2) is 9.58. The van der Waals surface area contributed by atoms with Crippen molar-refractivity contribution in [3.8, 4) is 0 Å². The minimum absolute atomic E-state index is 0.0829. The summed E-state index contributed by atoms with van der Waals surface area (Å²) in [6.45, 7) is 3.73. The zero-order valence-corrected chi connectivity index (χ0v) is 19.8. The Bertz CT molecular complexity index is 1170. The quantitative estimate of drug-likeness (QED) is 0.435. The van der Waals surface area contributed by atoms with Gasteiger partial charge < -0.3 is 0 Å². The highest BCUT2D eigenvalue weighted by Crippen LogP contribution is 2.27. The van der Waals surface area contributed by atoms with Crippen LogP contribution in [0.25, 0.3) is 0 Å². The number of carbonyl (C=O) groups is 2. The third kappa shape index (κ3) is 5.29. The molecule has 1 aromatic carbocycles. The highest BCUT2D eigenvalue weighted by atomic mass is 32.2. The van der Waals surface area contributed by atoms with Crippen LogP contribution in [0.15, 0.2) is 24.3 Å². The topological polar surface area (TPSA) is 128 Å². The number of hydrogen-bond acceptors (Lipinski definition) is 8. The molecule has 3 rings (SSSR count). The standard InChI is InChI=1S/C22H26N2O6S2/c1-3-5-11-31(27,28)13-17-18(14-32(29,30)12-6-4-2)24-20-19(23-17)21(25)15-9-7-8-10-16(15)22(20)26/h7-10H,3-6,11-14H2,1-2H3. The largest absolute Gasteiger partial charge is 0.287 e. The lowest BCUT2D eigenvalue weighted by Gasteiger charge is -2.18. The molecule has 8 nitrogen and oxygen atoms in total. The summed E-state index contributed by atoms with van der Waals surface area (Å²) < 4.78 is 50.4. The number of hydrogen-bond donors (Lipinski definition) is 0. The molecule has 0 atom stereocenters. The van der Waals surface area contributed by atoms with Crippen molar-refractivity contribution in [2.75, 3.05) is 11.5 Å². The van der Waals surface area contributed by atoms with E-state index in [1.807, 2.05) is 13.8 Å². The Labute approximate surface area is 188 Å². The number of unbranched alkanes of at least 4 members (excludes halogenated alkanes) is 2. The van der Waals surface area contributed by atoms with Gasteiger partial charge in [-0.3, -0.25) is 9.59 Å². The van der Waals surface area contributed by atoms with Crippen molar-refractivity contribution in [3.05, 3.63) is 58.2 Å². The fraction of sp³-hybridized carbons (Fsp3) is 0.455. The van der Waals surface area contributed by atoms with Gasteiger partial charge in [0.25, 0.3) is 0 Å². The number of sulfone groups is 2. The summed E-state index contributed by atoms with van der Waals surface area (Å²) in [5.74, 6) is -2.30. The molecule has 0 aliphatic heterocycles. The second-order valence-corrected chi connectivity index (χ2v) is 12.3. The van der Waals surface area contributed by atoms with Crippen molar-refractivity contribution in [2.24, 2.45) is 0 Å². The number of carbonyl (C=O) groups excluding carboxylic acids is 2. The summed E-state index contributed by atoms with van der Waals surface area (Å²) in [7, 11) is -7.21. The number of aromatic nitrogens is 2. The summed E-state index contributed by atoms with van der Waals surface area (Å²) in [6, 6.07) is 6.24. The van der Waals surface area contributed by atoms with Crippen LogP contribution in [0.3, 0.4) is 0 Å². The molecule has 1 aliphatic rings. The lowest BCUT2D eigenvalue weighted by molar-refractivity contribution is 0.0971. The van der Waals surface area contributed by atoms with Crippen molar-refractivity contribution < 1.29 is 26.4 Å². The third-order valence-corrected chi connectivity index (χ3v) is 8.48. The van der Waals surface area contributed by atoms with Crippen LogP contribution in [-0.2, 0) is 31.2 Å². The van der Waals surface area contributed by atoms with Gasteiger partial charge in [0.1, 0.15) is 11.4 Å². The van der Waals surface area contributed by atoms with E-state index in [-0.39, 0.29) is 45.4 Å². The van der Waals surface area contributed by atoms with Crippen LogP contribution in [0.1, 0.15) is 83.0 Å². The van der Waals surface area contributed by atoms with Crippen molar-refractivity contribution in [1.82, 2.24) is 9.97 Å². The van der Waals surface area contributed by atoms with Gasteiger partial charge >= 0.3 is 0 Å². The fourth-order valence-corrected chi connectivity index (χ4v) is 6.52. The fourth-order valence-electron chi connectivity index (χ4n) is 3.48. The van der Waals surface area contributed by atoms with E-state index in [2.05, 4.69) is 9.97 Å². The third-order valence-electron chi connectivity index (χ3n) is 5.23. The van der Waals surface area contributed by atoms with Crippen LogP contribution in [0.2, 0.25) is 0 Å². The SMILES string of the molecule is CCCCS(=O)(=O)Cc1nc2c(nc1CS(=O)(=O)CCCC)C(=O)c1ccccc1C2=O. The molecule has 0 spiro atoms.